The van der Waals surface area contributed by atoms with Gasteiger partial charge in [-0.25, -0.2) is 4.98 Å². The van der Waals surface area contributed by atoms with Gasteiger partial charge in [0.2, 0.25) is 0 Å². The van der Waals surface area contributed by atoms with Gasteiger partial charge in [-0.2, -0.15) is 0 Å². The van der Waals surface area contributed by atoms with Gasteiger partial charge in [0.05, 0.1) is 15.4 Å². The third kappa shape index (κ3) is 0.980. The van der Waals surface area contributed by atoms with Crippen LogP contribution in [0.25, 0.3) is 11.6 Å². The second-order valence-electron chi connectivity index (χ2n) is 1.27. The summed E-state index contributed by atoms with van der Waals surface area (Å²) in [5, 5.41) is 0.840. The van der Waals surface area contributed by atoms with Crippen LogP contribution < -0.4 is 9.88 Å². The van der Waals surface area contributed by atoms with Gasteiger partial charge in [-0.15, -0.1) is 11.3 Å². The quantitative estimate of drug-likeness (QED) is 0.586. The molecular weight excluding hydrogens is 186 g/mol. The molecule has 1 nitrogen and oxygen atoms in total. The number of hydrogen-bond donors (Lipinski definition) is 0. The zero-order chi connectivity index (χ0) is 5.98. The third-order valence-electron chi connectivity index (χ3n) is 0.772. The van der Waals surface area contributed by atoms with Crippen LogP contribution in [0.15, 0.2) is 5.51 Å². The Kier molecular flexibility index (Phi) is 1.81. The van der Waals surface area contributed by atoms with E-state index in [1.165, 1.54) is 0 Å². The summed E-state index contributed by atoms with van der Waals surface area (Å²) in [7, 11) is 0. The Morgan fingerprint density at radius 2 is 2.62 bits per heavy atom. The van der Waals surface area contributed by atoms with Gasteiger partial charge in [0.15, 0.2) is 0 Å². The lowest BCUT2D eigenvalue weighted by Crippen LogP contribution is -2.16. The van der Waals surface area contributed by atoms with Crippen LogP contribution >= 0.6 is 27.3 Å². The van der Waals surface area contributed by atoms with Crippen molar-refractivity contribution in [1.82, 2.24) is 4.98 Å². The van der Waals surface area contributed by atoms with Crippen LogP contribution in [0.3, 0.4) is 0 Å². The first kappa shape index (κ1) is 5.98. The molecule has 0 saturated heterocycles. The minimum atomic E-state index is 0.840. The van der Waals surface area contributed by atoms with E-state index in [1.54, 1.807) is 16.8 Å². The molecule has 0 spiro atoms. The van der Waals surface area contributed by atoms with Crippen molar-refractivity contribution in [1.29, 1.82) is 0 Å². The lowest BCUT2D eigenvalue weighted by Gasteiger charge is -1.63. The number of hydrogen-bond acceptors (Lipinski definition) is 2. The van der Waals surface area contributed by atoms with Gasteiger partial charge < -0.3 is 0 Å². The number of thiazole rings is 1. The van der Waals surface area contributed by atoms with Gasteiger partial charge in [-0.1, -0.05) is 22.5 Å². The second kappa shape index (κ2) is 2.42. The van der Waals surface area contributed by atoms with Crippen molar-refractivity contribution in [3.05, 3.63) is 15.4 Å². The van der Waals surface area contributed by atoms with Crippen LogP contribution in [0, 0.1) is 0 Å². The zero-order valence-corrected chi connectivity index (χ0v) is 6.50. The summed E-state index contributed by atoms with van der Waals surface area (Å²) in [5.74, 6) is 0. The Bertz CT molecular complexity index is 264. The number of aromatic nitrogens is 1. The van der Waals surface area contributed by atoms with Crippen molar-refractivity contribution in [2.45, 2.75) is 0 Å². The number of halogens is 1. The highest BCUT2D eigenvalue weighted by atomic mass is 79.9. The lowest BCUT2D eigenvalue weighted by molar-refractivity contribution is 1.33. The first-order chi connectivity index (χ1) is 3.84. The summed E-state index contributed by atoms with van der Waals surface area (Å²) < 4.78 is 1.09. The van der Waals surface area contributed by atoms with Crippen molar-refractivity contribution < 1.29 is 0 Å². The van der Waals surface area contributed by atoms with Crippen LogP contribution in [-0.2, 0) is 0 Å². The SMILES string of the molecule is C=c1ncsc1=CBr. The molecule has 0 aliphatic carbocycles. The molecule has 0 aliphatic rings. The van der Waals surface area contributed by atoms with E-state index in [1.807, 2.05) is 4.99 Å². The summed E-state index contributed by atoms with van der Waals surface area (Å²) in [6.07, 6.45) is 0. The van der Waals surface area contributed by atoms with Crippen LogP contribution in [0.2, 0.25) is 0 Å². The van der Waals surface area contributed by atoms with Crippen molar-refractivity contribution in [3.8, 4) is 0 Å². The molecule has 1 aromatic heterocycles. The fraction of sp³-hybridized carbons (Fsp3) is 0. The smallest absolute Gasteiger partial charge is 0.0805 e. The molecule has 0 fully saturated rings. The summed E-state index contributed by atoms with van der Waals surface area (Å²) in [5.41, 5.74) is 1.77. The molecule has 0 aliphatic heterocycles. The standard InChI is InChI=1S/C5H4BrNS/c1-4-5(2-6)8-3-7-4/h2-3H,1H2. The maximum atomic E-state index is 3.93. The molecule has 0 radical (unpaired) electrons. The number of nitrogens with zero attached hydrogens (tertiary/aromatic N) is 1. The lowest BCUT2D eigenvalue weighted by atomic mass is 10.7. The average Bonchev–Trinajstić information content (AvgIpc) is 2.14. The van der Waals surface area contributed by atoms with Crippen molar-refractivity contribution in [2.24, 2.45) is 0 Å². The van der Waals surface area contributed by atoms with Gasteiger partial charge in [0.1, 0.15) is 0 Å². The van der Waals surface area contributed by atoms with Crippen LogP contribution in [-0.4, -0.2) is 4.98 Å². The highest BCUT2D eigenvalue weighted by Crippen LogP contribution is 1.80. The fourth-order valence-corrected chi connectivity index (χ4v) is 1.49. The largest absolute Gasteiger partial charge is 0.245 e. The van der Waals surface area contributed by atoms with E-state index in [0.717, 1.165) is 9.88 Å². The highest BCUT2D eigenvalue weighted by molar-refractivity contribution is 9.14. The van der Waals surface area contributed by atoms with Crippen molar-refractivity contribution >= 4 is 38.8 Å². The molecule has 0 unspecified atom stereocenters. The van der Waals surface area contributed by atoms with Gasteiger partial charge in [-0.05, 0) is 0 Å². The first-order valence-electron chi connectivity index (χ1n) is 2.03. The summed E-state index contributed by atoms with van der Waals surface area (Å²) in [4.78, 5) is 5.76. The Morgan fingerprint density at radius 3 is 2.88 bits per heavy atom. The molecule has 0 saturated carbocycles. The maximum Gasteiger partial charge on any atom is 0.0805 e. The molecule has 0 aromatic carbocycles. The average molecular weight is 190 g/mol. The van der Waals surface area contributed by atoms with E-state index in [0.29, 0.717) is 0 Å². The fourth-order valence-electron chi connectivity index (χ4n) is 0.367. The molecule has 0 N–H and O–H groups in total. The van der Waals surface area contributed by atoms with Crippen LogP contribution in [0.5, 0.6) is 0 Å². The van der Waals surface area contributed by atoms with E-state index in [9.17, 15) is 0 Å². The molecule has 0 amide bonds. The number of rotatable bonds is 0. The molecule has 0 atom stereocenters. The predicted octanol–water partition coefficient (Wildman–Crippen LogP) is 0.686. The van der Waals surface area contributed by atoms with Gasteiger partial charge in [0.25, 0.3) is 0 Å². The molecule has 42 valence electrons. The second-order valence-corrected chi connectivity index (χ2v) is 2.62. The van der Waals surface area contributed by atoms with Crippen molar-refractivity contribution in [2.75, 3.05) is 0 Å². The van der Waals surface area contributed by atoms with Crippen LogP contribution in [0.1, 0.15) is 0 Å². The Hall–Kier alpha value is -0.150. The minimum Gasteiger partial charge on any atom is -0.245 e. The van der Waals surface area contributed by atoms with E-state index in [2.05, 4.69) is 27.5 Å². The Labute approximate surface area is 59.5 Å². The van der Waals surface area contributed by atoms with E-state index >= 15 is 0 Å². The molecule has 8 heavy (non-hydrogen) atoms. The zero-order valence-electron chi connectivity index (χ0n) is 4.10. The van der Waals surface area contributed by atoms with Crippen LogP contribution in [0.4, 0.5) is 0 Å². The summed E-state index contributed by atoms with van der Waals surface area (Å²) in [6, 6.07) is 0. The molecule has 0 bridgehead atoms. The molecule has 1 aromatic rings. The highest BCUT2D eigenvalue weighted by Gasteiger charge is 1.79. The summed E-state index contributed by atoms with van der Waals surface area (Å²) >= 11 is 4.77. The Morgan fingerprint density at radius 1 is 1.88 bits per heavy atom. The van der Waals surface area contributed by atoms with Gasteiger partial charge >= 0.3 is 0 Å². The predicted molar refractivity (Wildman–Crippen MR) is 40.3 cm³/mol. The van der Waals surface area contributed by atoms with Crippen molar-refractivity contribution in [3.63, 3.8) is 0 Å². The minimum absolute atomic E-state index is 0.840. The Balaban J connectivity index is 3.55. The molecule has 1 rings (SSSR count). The molecule has 1 heterocycles. The summed E-state index contributed by atoms with van der Waals surface area (Å²) in [6.45, 7) is 3.69. The topological polar surface area (TPSA) is 12.9 Å². The maximum absolute atomic E-state index is 3.93. The van der Waals surface area contributed by atoms with Gasteiger partial charge in [0, 0.05) is 4.99 Å². The normalized spacial score (nSPS) is 12.4. The molecular formula is C5H4BrNS. The van der Waals surface area contributed by atoms with E-state index in [4.69, 9.17) is 0 Å². The van der Waals surface area contributed by atoms with E-state index < -0.39 is 0 Å². The molecule has 3 heteroatoms. The monoisotopic (exact) mass is 189 g/mol. The first-order valence-corrected chi connectivity index (χ1v) is 3.83. The van der Waals surface area contributed by atoms with Gasteiger partial charge in [-0.3, -0.25) is 0 Å². The van der Waals surface area contributed by atoms with E-state index in [-0.39, 0.29) is 0 Å². The third-order valence-corrected chi connectivity index (χ3v) is 2.35.